The summed E-state index contributed by atoms with van der Waals surface area (Å²) in [6.07, 6.45) is 3.66. The standard InChI is InChI=1S/C16H19NO3/c1-2-19-13-7-11(8-13)16(18)17-9-12-10-20-15-6-4-3-5-14(12)15/h3-6,10-11,13H,2,7-9H2,1H3,(H,17,18). The van der Waals surface area contributed by atoms with Crippen molar-refractivity contribution in [3.05, 3.63) is 36.1 Å². The molecule has 0 aliphatic heterocycles. The fourth-order valence-electron chi connectivity index (χ4n) is 2.65. The largest absolute Gasteiger partial charge is 0.464 e. The molecule has 3 rings (SSSR count). The van der Waals surface area contributed by atoms with Gasteiger partial charge in [-0.2, -0.15) is 0 Å². The molecule has 20 heavy (non-hydrogen) atoms. The first kappa shape index (κ1) is 13.2. The van der Waals surface area contributed by atoms with Gasteiger partial charge in [0.05, 0.1) is 12.4 Å². The van der Waals surface area contributed by atoms with Gasteiger partial charge in [-0.3, -0.25) is 4.79 Å². The molecule has 1 aliphatic carbocycles. The van der Waals surface area contributed by atoms with Gasteiger partial charge in [-0.05, 0) is 25.8 Å². The summed E-state index contributed by atoms with van der Waals surface area (Å²) in [5.74, 6) is 0.218. The molecule has 0 spiro atoms. The molecule has 1 heterocycles. The number of amides is 1. The summed E-state index contributed by atoms with van der Waals surface area (Å²) in [4.78, 5) is 12.0. The smallest absolute Gasteiger partial charge is 0.223 e. The molecule has 0 radical (unpaired) electrons. The Morgan fingerprint density at radius 2 is 2.20 bits per heavy atom. The molecule has 1 aromatic carbocycles. The number of hydrogen-bond donors (Lipinski definition) is 1. The maximum absolute atomic E-state index is 12.0. The van der Waals surface area contributed by atoms with Gasteiger partial charge >= 0.3 is 0 Å². The number of nitrogens with one attached hydrogen (secondary N) is 1. The number of hydrogen-bond acceptors (Lipinski definition) is 3. The third-order valence-corrected chi connectivity index (χ3v) is 3.88. The highest BCUT2D eigenvalue weighted by atomic mass is 16.5. The summed E-state index contributed by atoms with van der Waals surface area (Å²) < 4.78 is 10.9. The van der Waals surface area contributed by atoms with E-state index in [1.165, 1.54) is 0 Å². The van der Waals surface area contributed by atoms with E-state index in [0.717, 1.165) is 36.0 Å². The summed E-state index contributed by atoms with van der Waals surface area (Å²) in [5, 5.41) is 4.05. The van der Waals surface area contributed by atoms with Gasteiger partial charge in [0, 0.05) is 30.0 Å². The Labute approximate surface area is 118 Å². The topological polar surface area (TPSA) is 51.5 Å². The summed E-state index contributed by atoms with van der Waals surface area (Å²) >= 11 is 0. The van der Waals surface area contributed by atoms with E-state index < -0.39 is 0 Å². The number of furan rings is 1. The average molecular weight is 273 g/mol. The molecule has 4 nitrogen and oxygen atoms in total. The normalized spacial score (nSPS) is 21.6. The van der Waals surface area contributed by atoms with Crippen molar-refractivity contribution in [2.24, 2.45) is 5.92 Å². The van der Waals surface area contributed by atoms with Crippen LogP contribution in [0.3, 0.4) is 0 Å². The second-order valence-electron chi connectivity index (χ2n) is 5.22. The molecule has 1 saturated carbocycles. The highest BCUT2D eigenvalue weighted by molar-refractivity contribution is 5.83. The van der Waals surface area contributed by atoms with Crippen molar-refractivity contribution in [3.8, 4) is 0 Å². The van der Waals surface area contributed by atoms with E-state index in [1.807, 2.05) is 31.2 Å². The van der Waals surface area contributed by atoms with Crippen LogP contribution in [0, 0.1) is 5.92 Å². The lowest BCUT2D eigenvalue weighted by Crippen LogP contribution is -2.42. The SMILES string of the molecule is CCOC1CC(C(=O)NCc2coc3ccccc23)C1. The van der Waals surface area contributed by atoms with Crippen LogP contribution < -0.4 is 5.32 Å². The highest BCUT2D eigenvalue weighted by Gasteiger charge is 2.34. The second kappa shape index (κ2) is 5.67. The summed E-state index contributed by atoms with van der Waals surface area (Å²) in [6.45, 7) is 3.23. The molecular formula is C16H19NO3. The van der Waals surface area contributed by atoms with Gasteiger partial charge in [0.1, 0.15) is 5.58 Å². The number of rotatable bonds is 5. The molecular weight excluding hydrogens is 254 g/mol. The quantitative estimate of drug-likeness (QED) is 0.911. The van der Waals surface area contributed by atoms with Crippen LogP contribution in [0.4, 0.5) is 0 Å². The lowest BCUT2D eigenvalue weighted by molar-refractivity contribution is -0.133. The van der Waals surface area contributed by atoms with Gasteiger partial charge in [-0.1, -0.05) is 18.2 Å². The molecule has 1 N–H and O–H groups in total. The Hall–Kier alpha value is -1.81. The molecule has 1 amide bonds. The number of fused-ring (bicyclic) bond motifs is 1. The van der Waals surface area contributed by atoms with Crippen molar-refractivity contribution in [2.45, 2.75) is 32.4 Å². The third-order valence-electron chi connectivity index (χ3n) is 3.88. The number of para-hydroxylation sites is 1. The molecule has 2 aromatic rings. The fourth-order valence-corrected chi connectivity index (χ4v) is 2.65. The zero-order chi connectivity index (χ0) is 13.9. The van der Waals surface area contributed by atoms with Gasteiger partial charge in [0.2, 0.25) is 5.91 Å². The van der Waals surface area contributed by atoms with Gasteiger partial charge < -0.3 is 14.5 Å². The van der Waals surface area contributed by atoms with E-state index in [4.69, 9.17) is 9.15 Å². The number of carbonyl (C=O) groups excluding carboxylic acids is 1. The van der Waals surface area contributed by atoms with E-state index >= 15 is 0 Å². The van der Waals surface area contributed by atoms with Crippen LogP contribution in [-0.4, -0.2) is 18.6 Å². The Bertz CT molecular complexity index is 599. The molecule has 106 valence electrons. The van der Waals surface area contributed by atoms with Gasteiger partial charge in [-0.15, -0.1) is 0 Å². The van der Waals surface area contributed by atoms with Crippen LogP contribution in [0.1, 0.15) is 25.3 Å². The van der Waals surface area contributed by atoms with Crippen LogP contribution in [0.2, 0.25) is 0 Å². The van der Waals surface area contributed by atoms with Gasteiger partial charge in [0.25, 0.3) is 0 Å². The highest BCUT2D eigenvalue weighted by Crippen LogP contribution is 2.30. The Morgan fingerprint density at radius 1 is 1.40 bits per heavy atom. The maximum atomic E-state index is 12.0. The Kier molecular flexibility index (Phi) is 3.74. The van der Waals surface area contributed by atoms with Crippen molar-refractivity contribution in [1.29, 1.82) is 0 Å². The molecule has 0 bridgehead atoms. The molecule has 0 saturated heterocycles. The van der Waals surface area contributed by atoms with E-state index in [1.54, 1.807) is 6.26 Å². The molecule has 0 unspecified atom stereocenters. The molecule has 1 aromatic heterocycles. The Morgan fingerprint density at radius 3 is 3.00 bits per heavy atom. The van der Waals surface area contributed by atoms with E-state index in [9.17, 15) is 4.79 Å². The predicted molar refractivity (Wildman–Crippen MR) is 76.2 cm³/mol. The van der Waals surface area contributed by atoms with Crippen molar-refractivity contribution in [1.82, 2.24) is 5.32 Å². The van der Waals surface area contributed by atoms with Gasteiger partial charge in [-0.25, -0.2) is 0 Å². The minimum absolute atomic E-state index is 0.102. The monoisotopic (exact) mass is 273 g/mol. The summed E-state index contributed by atoms with van der Waals surface area (Å²) in [6, 6.07) is 7.85. The van der Waals surface area contributed by atoms with Crippen molar-refractivity contribution in [3.63, 3.8) is 0 Å². The number of carbonyl (C=O) groups is 1. The first-order chi connectivity index (χ1) is 9.78. The fraction of sp³-hybridized carbons (Fsp3) is 0.438. The van der Waals surface area contributed by atoms with Crippen molar-refractivity contribution >= 4 is 16.9 Å². The van der Waals surface area contributed by atoms with E-state index in [-0.39, 0.29) is 17.9 Å². The zero-order valence-electron chi connectivity index (χ0n) is 11.6. The second-order valence-corrected chi connectivity index (χ2v) is 5.22. The molecule has 4 heteroatoms. The lowest BCUT2D eigenvalue weighted by atomic mass is 9.81. The average Bonchev–Trinajstić information content (AvgIpc) is 2.83. The number of benzene rings is 1. The first-order valence-corrected chi connectivity index (χ1v) is 7.12. The van der Waals surface area contributed by atoms with Crippen LogP contribution in [0.5, 0.6) is 0 Å². The molecule has 1 fully saturated rings. The van der Waals surface area contributed by atoms with Crippen molar-refractivity contribution < 1.29 is 13.9 Å². The number of ether oxygens (including phenoxy) is 1. The summed E-state index contributed by atoms with van der Waals surface area (Å²) in [5.41, 5.74) is 1.88. The van der Waals surface area contributed by atoms with E-state index in [2.05, 4.69) is 5.32 Å². The van der Waals surface area contributed by atoms with Crippen LogP contribution in [0.25, 0.3) is 11.0 Å². The minimum Gasteiger partial charge on any atom is -0.464 e. The van der Waals surface area contributed by atoms with Crippen LogP contribution >= 0.6 is 0 Å². The first-order valence-electron chi connectivity index (χ1n) is 7.12. The lowest BCUT2D eigenvalue weighted by Gasteiger charge is -2.33. The maximum Gasteiger partial charge on any atom is 0.223 e. The van der Waals surface area contributed by atoms with Crippen LogP contribution in [0.15, 0.2) is 34.9 Å². The molecule has 0 atom stereocenters. The van der Waals surface area contributed by atoms with E-state index in [0.29, 0.717) is 6.54 Å². The third kappa shape index (κ3) is 2.56. The van der Waals surface area contributed by atoms with Crippen LogP contribution in [-0.2, 0) is 16.1 Å². The zero-order valence-corrected chi connectivity index (χ0v) is 11.6. The van der Waals surface area contributed by atoms with Crippen molar-refractivity contribution in [2.75, 3.05) is 6.61 Å². The minimum atomic E-state index is 0.102. The van der Waals surface area contributed by atoms with Gasteiger partial charge in [0.15, 0.2) is 0 Å². The Balaban J connectivity index is 1.54. The predicted octanol–water partition coefficient (Wildman–Crippen LogP) is 2.86. The summed E-state index contributed by atoms with van der Waals surface area (Å²) in [7, 11) is 0. The molecule has 1 aliphatic rings.